The van der Waals surface area contributed by atoms with Gasteiger partial charge in [-0.15, -0.1) is 0 Å². The molecule has 0 aliphatic rings. The molecule has 1 aromatic carbocycles. The Labute approximate surface area is 119 Å². The van der Waals surface area contributed by atoms with Gasteiger partial charge in [0.25, 0.3) is 0 Å². The molecule has 2 aromatic rings. The van der Waals surface area contributed by atoms with Gasteiger partial charge in [0.2, 0.25) is 0 Å². The molecule has 0 saturated heterocycles. The van der Waals surface area contributed by atoms with Gasteiger partial charge in [-0.3, -0.25) is 0 Å². The molecule has 0 bridgehead atoms. The predicted octanol–water partition coefficient (Wildman–Crippen LogP) is 4.24. The molecular weight excluding hydrogens is 258 g/mol. The third-order valence-electron chi connectivity index (χ3n) is 2.86. The first kappa shape index (κ1) is 13.8. The summed E-state index contributed by atoms with van der Waals surface area (Å²) < 4.78 is 0. The van der Waals surface area contributed by atoms with E-state index in [0.717, 1.165) is 36.7 Å². The lowest BCUT2D eigenvalue weighted by Crippen LogP contribution is -2.18. The number of hydrogen-bond acceptors (Lipinski definition) is 3. The van der Waals surface area contributed by atoms with E-state index in [-0.39, 0.29) is 0 Å². The molecule has 0 saturated carbocycles. The SMILES string of the molecule is CCCc1nc(Cl)cc(N(CC)c2ccccc2)n1. The number of nitrogens with zero attached hydrogens (tertiary/aromatic N) is 3. The first-order valence-electron chi connectivity index (χ1n) is 6.60. The highest BCUT2D eigenvalue weighted by Gasteiger charge is 2.11. The van der Waals surface area contributed by atoms with Gasteiger partial charge in [0, 0.05) is 24.7 Å². The zero-order valence-electron chi connectivity index (χ0n) is 11.3. The van der Waals surface area contributed by atoms with E-state index in [1.165, 1.54) is 0 Å². The molecule has 2 rings (SSSR count). The standard InChI is InChI=1S/C15H18ClN3/c1-3-8-14-17-13(16)11-15(18-14)19(4-2)12-9-6-5-7-10-12/h5-7,9-11H,3-4,8H2,1-2H3. The molecule has 0 atom stereocenters. The predicted molar refractivity (Wildman–Crippen MR) is 80.2 cm³/mol. The molecule has 19 heavy (non-hydrogen) atoms. The zero-order valence-corrected chi connectivity index (χ0v) is 12.1. The van der Waals surface area contributed by atoms with E-state index in [9.17, 15) is 0 Å². The van der Waals surface area contributed by atoms with Crippen molar-refractivity contribution in [1.82, 2.24) is 9.97 Å². The fourth-order valence-corrected chi connectivity index (χ4v) is 2.21. The zero-order chi connectivity index (χ0) is 13.7. The topological polar surface area (TPSA) is 29.0 Å². The van der Waals surface area contributed by atoms with Crippen LogP contribution < -0.4 is 4.90 Å². The van der Waals surface area contributed by atoms with Crippen molar-refractivity contribution in [3.63, 3.8) is 0 Å². The van der Waals surface area contributed by atoms with Crippen molar-refractivity contribution >= 4 is 23.1 Å². The summed E-state index contributed by atoms with van der Waals surface area (Å²) in [6.07, 6.45) is 1.86. The van der Waals surface area contributed by atoms with Gasteiger partial charge >= 0.3 is 0 Å². The Hall–Kier alpha value is -1.61. The van der Waals surface area contributed by atoms with Crippen molar-refractivity contribution in [2.45, 2.75) is 26.7 Å². The van der Waals surface area contributed by atoms with Crippen LogP contribution in [0, 0.1) is 0 Å². The first-order chi connectivity index (χ1) is 9.24. The van der Waals surface area contributed by atoms with E-state index in [0.29, 0.717) is 5.15 Å². The number of halogens is 1. The molecular formula is C15H18ClN3. The summed E-state index contributed by atoms with van der Waals surface area (Å²) in [6.45, 7) is 5.05. The van der Waals surface area contributed by atoms with Gasteiger partial charge in [-0.1, -0.05) is 36.7 Å². The van der Waals surface area contributed by atoms with Crippen LogP contribution in [0.5, 0.6) is 0 Å². The molecule has 0 N–H and O–H groups in total. The number of aryl methyl sites for hydroxylation is 1. The number of rotatable bonds is 5. The summed E-state index contributed by atoms with van der Waals surface area (Å²) in [6, 6.07) is 12.0. The molecule has 4 heteroatoms. The van der Waals surface area contributed by atoms with Crippen LogP contribution >= 0.6 is 11.6 Å². The van der Waals surface area contributed by atoms with Gasteiger partial charge in [0.15, 0.2) is 0 Å². The van der Waals surface area contributed by atoms with Crippen LogP contribution in [-0.4, -0.2) is 16.5 Å². The van der Waals surface area contributed by atoms with Crippen molar-refractivity contribution in [2.75, 3.05) is 11.4 Å². The summed E-state index contributed by atoms with van der Waals surface area (Å²) >= 11 is 6.10. The second-order valence-electron chi connectivity index (χ2n) is 4.29. The van der Waals surface area contributed by atoms with Crippen LogP contribution in [0.25, 0.3) is 0 Å². The Morgan fingerprint density at radius 2 is 1.84 bits per heavy atom. The molecule has 0 radical (unpaired) electrons. The third-order valence-corrected chi connectivity index (χ3v) is 3.06. The van der Waals surface area contributed by atoms with Gasteiger partial charge in [-0.25, -0.2) is 9.97 Å². The van der Waals surface area contributed by atoms with Gasteiger partial charge in [0.1, 0.15) is 16.8 Å². The molecule has 0 amide bonds. The maximum atomic E-state index is 6.10. The summed E-state index contributed by atoms with van der Waals surface area (Å²) in [5.74, 6) is 1.66. The first-order valence-corrected chi connectivity index (χ1v) is 6.98. The van der Waals surface area contributed by atoms with E-state index in [2.05, 4.69) is 40.8 Å². The minimum absolute atomic E-state index is 0.503. The van der Waals surface area contributed by atoms with Gasteiger partial charge in [-0.2, -0.15) is 0 Å². The number of para-hydroxylation sites is 1. The monoisotopic (exact) mass is 275 g/mol. The maximum Gasteiger partial charge on any atom is 0.138 e. The molecule has 0 fully saturated rings. The Bertz CT molecular complexity index is 528. The Balaban J connectivity index is 2.38. The van der Waals surface area contributed by atoms with Crippen molar-refractivity contribution in [2.24, 2.45) is 0 Å². The largest absolute Gasteiger partial charge is 0.327 e. The molecule has 1 aromatic heterocycles. The molecule has 100 valence electrons. The molecule has 0 unspecified atom stereocenters. The average Bonchev–Trinajstić information content (AvgIpc) is 2.40. The molecule has 3 nitrogen and oxygen atoms in total. The van der Waals surface area contributed by atoms with Crippen LogP contribution in [0.3, 0.4) is 0 Å². The van der Waals surface area contributed by atoms with Gasteiger partial charge < -0.3 is 4.90 Å². The minimum atomic E-state index is 0.503. The molecule has 1 heterocycles. The highest BCUT2D eigenvalue weighted by molar-refractivity contribution is 6.29. The van der Waals surface area contributed by atoms with E-state index in [1.807, 2.05) is 24.3 Å². The van der Waals surface area contributed by atoms with Gasteiger partial charge in [-0.05, 0) is 25.5 Å². The Kier molecular flexibility index (Phi) is 4.74. The fraction of sp³-hybridized carbons (Fsp3) is 0.333. The summed E-state index contributed by atoms with van der Waals surface area (Å²) in [4.78, 5) is 11.0. The van der Waals surface area contributed by atoms with Gasteiger partial charge in [0.05, 0.1) is 0 Å². The Morgan fingerprint density at radius 3 is 2.47 bits per heavy atom. The highest BCUT2D eigenvalue weighted by atomic mass is 35.5. The number of benzene rings is 1. The van der Waals surface area contributed by atoms with Crippen molar-refractivity contribution < 1.29 is 0 Å². The van der Waals surface area contributed by atoms with Crippen LogP contribution in [0.4, 0.5) is 11.5 Å². The van der Waals surface area contributed by atoms with Crippen LogP contribution in [-0.2, 0) is 6.42 Å². The van der Waals surface area contributed by atoms with E-state index in [1.54, 1.807) is 0 Å². The van der Waals surface area contributed by atoms with E-state index in [4.69, 9.17) is 11.6 Å². The van der Waals surface area contributed by atoms with Crippen LogP contribution in [0.1, 0.15) is 26.1 Å². The summed E-state index contributed by atoms with van der Waals surface area (Å²) in [7, 11) is 0. The van der Waals surface area contributed by atoms with E-state index < -0.39 is 0 Å². The number of anilines is 2. The quantitative estimate of drug-likeness (QED) is 0.764. The molecule has 0 aliphatic carbocycles. The third kappa shape index (κ3) is 3.44. The smallest absolute Gasteiger partial charge is 0.138 e. The van der Waals surface area contributed by atoms with Crippen molar-refractivity contribution in [3.05, 3.63) is 47.4 Å². The molecule has 0 spiro atoms. The van der Waals surface area contributed by atoms with Crippen molar-refractivity contribution in [3.8, 4) is 0 Å². The number of aromatic nitrogens is 2. The maximum absolute atomic E-state index is 6.10. The lowest BCUT2D eigenvalue weighted by Gasteiger charge is -2.22. The second kappa shape index (κ2) is 6.53. The van der Waals surface area contributed by atoms with Crippen LogP contribution in [0.2, 0.25) is 5.15 Å². The van der Waals surface area contributed by atoms with E-state index >= 15 is 0 Å². The minimum Gasteiger partial charge on any atom is -0.327 e. The highest BCUT2D eigenvalue weighted by Crippen LogP contribution is 2.25. The fourth-order valence-electron chi connectivity index (χ4n) is 2.01. The summed E-state index contributed by atoms with van der Waals surface area (Å²) in [5, 5.41) is 0.503. The lowest BCUT2D eigenvalue weighted by molar-refractivity contribution is 0.825. The normalized spacial score (nSPS) is 10.5. The summed E-state index contributed by atoms with van der Waals surface area (Å²) in [5.41, 5.74) is 1.11. The second-order valence-corrected chi connectivity index (χ2v) is 4.68. The van der Waals surface area contributed by atoms with Crippen molar-refractivity contribution in [1.29, 1.82) is 0 Å². The van der Waals surface area contributed by atoms with Crippen LogP contribution in [0.15, 0.2) is 36.4 Å². The Morgan fingerprint density at radius 1 is 1.11 bits per heavy atom. The lowest BCUT2D eigenvalue weighted by atomic mass is 10.2. The molecule has 0 aliphatic heterocycles. The number of hydrogen-bond donors (Lipinski definition) is 0. The average molecular weight is 276 g/mol.